The molecular formula is C16H16N2O2. The van der Waals surface area contributed by atoms with Crippen molar-refractivity contribution in [3.05, 3.63) is 41.3 Å². The molecule has 0 amide bonds. The molecular weight excluding hydrogens is 252 g/mol. The zero-order valence-electron chi connectivity index (χ0n) is 11.6. The Labute approximate surface area is 117 Å². The Kier molecular flexibility index (Phi) is 3.22. The number of aryl methyl sites for hydroxylation is 1. The molecule has 0 aliphatic carbocycles. The Hall–Kier alpha value is -2.23. The molecule has 1 aromatic carbocycles. The number of nitrogens with zero attached hydrogens (tertiary/aromatic N) is 2. The summed E-state index contributed by atoms with van der Waals surface area (Å²) in [5.41, 5.74) is 4.00. The van der Waals surface area contributed by atoms with Crippen molar-refractivity contribution in [2.45, 2.75) is 26.7 Å². The fourth-order valence-corrected chi connectivity index (χ4v) is 2.43. The lowest BCUT2D eigenvalue weighted by Crippen LogP contribution is -2.04. The molecule has 0 radical (unpaired) electrons. The second-order valence-corrected chi connectivity index (χ2v) is 5.11. The summed E-state index contributed by atoms with van der Waals surface area (Å²) in [7, 11) is 0. The van der Waals surface area contributed by atoms with Crippen LogP contribution in [0.25, 0.3) is 11.3 Å². The third-order valence-electron chi connectivity index (χ3n) is 3.29. The number of Topliss-reactive ketones (excluding diaryl/α,β-unsaturated/α-hetero) is 1. The monoisotopic (exact) mass is 268 g/mol. The van der Waals surface area contributed by atoms with E-state index in [1.807, 2.05) is 25.1 Å². The first-order valence-corrected chi connectivity index (χ1v) is 6.72. The first kappa shape index (κ1) is 12.8. The molecule has 4 nitrogen and oxygen atoms in total. The zero-order valence-corrected chi connectivity index (χ0v) is 11.6. The number of ketones is 1. The minimum atomic E-state index is 0.0731. The molecule has 0 N–H and O–H groups in total. The van der Waals surface area contributed by atoms with Crippen molar-refractivity contribution in [3.8, 4) is 17.0 Å². The summed E-state index contributed by atoms with van der Waals surface area (Å²) >= 11 is 0. The first-order chi connectivity index (χ1) is 9.61. The number of fused-ring (bicyclic) bond motifs is 1. The lowest BCUT2D eigenvalue weighted by atomic mass is 10.1. The van der Waals surface area contributed by atoms with Gasteiger partial charge in [0.25, 0.3) is 0 Å². The number of carbonyl (C=O) groups excluding carboxylic acids is 1. The molecule has 0 saturated heterocycles. The van der Waals surface area contributed by atoms with Gasteiger partial charge in [0, 0.05) is 17.7 Å². The summed E-state index contributed by atoms with van der Waals surface area (Å²) in [4.78, 5) is 20.0. The molecule has 1 aliphatic heterocycles. The lowest BCUT2D eigenvalue weighted by molar-refractivity contribution is -0.116. The third-order valence-corrected chi connectivity index (χ3v) is 3.29. The normalized spacial score (nSPS) is 12.9. The minimum absolute atomic E-state index is 0.0731. The molecule has 0 fully saturated rings. The quantitative estimate of drug-likeness (QED) is 0.858. The highest BCUT2D eigenvalue weighted by Gasteiger charge is 2.14. The van der Waals surface area contributed by atoms with Crippen LogP contribution in [0.2, 0.25) is 0 Å². The van der Waals surface area contributed by atoms with Crippen molar-refractivity contribution in [1.82, 2.24) is 9.97 Å². The summed E-state index contributed by atoms with van der Waals surface area (Å²) in [5.74, 6) is 1.62. The second kappa shape index (κ2) is 5.04. The molecule has 0 saturated carbocycles. The van der Waals surface area contributed by atoms with Crippen LogP contribution in [0, 0.1) is 6.92 Å². The maximum atomic E-state index is 11.2. The van der Waals surface area contributed by atoms with Gasteiger partial charge in [-0.1, -0.05) is 0 Å². The fourth-order valence-electron chi connectivity index (χ4n) is 2.43. The summed E-state index contributed by atoms with van der Waals surface area (Å²) in [6.07, 6.45) is 1.22. The minimum Gasteiger partial charge on any atom is -0.493 e. The maximum Gasteiger partial charge on any atom is 0.137 e. The van der Waals surface area contributed by atoms with Crippen molar-refractivity contribution in [1.29, 1.82) is 0 Å². The number of hydrogen-bond acceptors (Lipinski definition) is 4. The van der Waals surface area contributed by atoms with E-state index in [2.05, 4.69) is 16.0 Å². The highest BCUT2D eigenvalue weighted by atomic mass is 16.5. The van der Waals surface area contributed by atoms with E-state index in [9.17, 15) is 4.79 Å². The van der Waals surface area contributed by atoms with Gasteiger partial charge in [-0.05, 0) is 43.7 Å². The number of aromatic nitrogens is 2. The van der Waals surface area contributed by atoms with Crippen LogP contribution in [0.15, 0.2) is 24.3 Å². The van der Waals surface area contributed by atoms with E-state index in [-0.39, 0.29) is 12.2 Å². The molecule has 0 unspecified atom stereocenters. The maximum absolute atomic E-state index is 11.2. The van der Waals surface area contributed by atoms with Gasteiger partial charge in [-0.25, -0.2) is 9.97 Å². The summed E-state index contributed by atoms with van der Waals surface area (Å²) in [5, 5.41) is 0. The number of ether oxygens (including phenoxy) is 1. The number of benzene rings is 1. The van der Waals surface area contributed by atoms with Crippen LogP contribution in [0.4, 0.5) is 0 Å². The van der Waals surface area contributed by atoms with E-state index in [4.69, 9.17) is 4.74 Å². The van der Waals surface area contributed by atoms with Gasteiger partial charge in [0.15, 0.2) is 0 Å². The van der Waals surface area contributed by atoms with Crippen molar-refractivity contribution in [2.75, 3.05) is 6.61 Å². The van der Waals surface area contributed by atoms with Crippen LogP contribution in [-0.2, 0) is 17.6 Å². The molecule has 1 aliphatic rings. The van der Waals surface area contributed by atoms with Gasteiger partial charge in [0.2, 0.25) is 0 Å². The Bertz CT molecular complexity index is 680. The van der Waals surface area contributed by atoms with Gasteiger partial charge in [-0.15, -0.1) is 0 Å². The van der Waals surface area contributed by atoms with Crippen LogP contribution >= 0.6 is 0 Å². The van der Waals surface area contributed by atoms with Gasteiger partial charge in [-0.3, -0.25) is 4.79 Å². The van der Waals surface area contributed by atoms with Gasteiger partial charge in [0.05, 0.1) is 18.7 Å². The molecule has 2 aromatic rings. The van der Waals surface area contributed by atoms with Crippen LogP contribution in [-0.4, -0.2) is 22.4 Å². The molecule has 1 aromatic heterocycles. The van der Waals surface area contributed by atoms with Gasteiger partial charge < -0.3 is 4.74 Å². The van der Waals surface area contributed by atoms with Crippen LogP contribution < -0.4 is 4.74 Å². The van der Waals surface area contributed by atoms with E-state index < -0.39 is 0 Å². The molecule has 0 spiro atoms. The number of rotatable bonds is 3. The van der Waals surface area contributed by atoms with Crippen LogP contribution in [0.3, 0.4) is 0 Å². The topological polar surface area (TPSA) is 52.1 Å². The Balaban J connectivity index is 2.01. The highest BCUT2D eigenvalue weighted by molar-refractivity contribution is 5.77. The Morgan fingerprint density at radius 3 is 2.95 bits per heavy atom. The number of carbonyl (C=O) groups is 1. The smallest absolute Gasteiger partial charge is 0.137 e. The summed E-state index contributed by atoms with van der Waals surface area (Å²) < 4.78 is 5.51. The molecule has 0 atom stereocenters. The second-order valence-electron chi connectivity index (χ2n) is 5.11. The Morgan fingerprint density at radius 1 is 1.30 bits per heavy atom. The van der Waals surface area contributed by atoms with Crippen molar-refractivity contribution < 1.29 is 9.53 Å². The van der Waals surface area contributed by atoms with Crippen LogP contribution in [0.5, 0.6) is 5.75 Å². The fraction of sp³-hybridized carbons (Fsp3) is 0.312. The van der Waals surface area contributed by atoms with E-state index >= 15 is 0 Å². The lowest BCUT2D eigenvalue weighted by Gasteiger charge is -2.07. The predicted octanol–water partition coefficient (Wildman–Crippen LogP) is 2.52. The average Bonchev–Trinajstić information content (AvgIpc) is 2.84. The summed E-state index contributed by atoms with van der Waals surface area (Å²) in [6, 6.07) is 8.05. The predicted molar refractivity (Wildman–Crippen MR) is 75.8 cm³/mol. The molecule has 2 heterocycles. The molecule has 102 valence electrons. The molecule has 0 bridgehead atoms. The average molecular weight is 268 g/mol. The van der Waals surface area contributed by atoms with Gasteiger partial charge in [-0.2, -0.15) is 0 Å². The zero-order chi connectivity index (χ0) is 14.1. The SMILES string of the molecule is CC(=O)Cc1nc(C)cc(-c2ccc3c(c2)CCO3)n1. The highest BCUT2D eigenvalue weighted by Crippen LogP contribution is 2.29. The summed E-state index contributed by atoms with van der Waals surface area (Å²) in [6.45, 7) is 4.22. The van der Waals surface area contributed by atoms with Crippen LogP contribution in [0.1, 0.15) is 24.0 Å². The first-order valence-electron chi connectivity index (χ1n) is 6.72. The van der Waals surface area contributed by atoms with Gasteiger partial charge in [0.1, 0.15) is 17.4 Å². The standard InChI is InChI=1S/C16H16N2O2/c1-10-7-14(18-16(17-10)8-11(2)19)12-3-4-15-13(9-12)5-6-20-15/h3-4,7,9H,5-6,8H2,1-2H3. The molecule has 3 rings (SSSR count). The molecule has 4 heteroatoms. The van der Waals surface area contributed by atoms with Crippen molar-refractivity contribution in [3.63, 3.8) is 0 Å². The Morgan fingerprint density at radius 2 is 2.15 bits per heavy atom. The number of hydrogen-bond donors (Lipinski definition) is 0. The van der Waals surface area contributed by atoms with E-state index in [1.165, 1.54) is 5.56 Å². The molecule has 20 heavy (non-hydrogen) atoms. The van der Waals surface area contributed by atoms with E-state index in [0.29, 0.717) is 5.82 Å². The van der Waals surface area contributed by atoms with E-state index in [0.717, 1.165) is 35.7 Å². The van der Waals surface area contributed by atoms with Crippen molar-refractivity contribution >= 4 is 5.78 Å². The largest absolute Gasteiger partial charge is 0.493 e. The van der Waals surface area contributed by atoms with E-state index in [1.54, 1.807) is 6.92 Å². The van der Waals surface area contributed by atoms with Crippen molar-refractivity contribution in [2.24, 2.45) is 0 Å². The van der Waals surface area contributed by atoms with Gasteiger partial charge >= 0.3 is 0 Å². The third kappa shape index (κ3) is 2.54.